The van der Waals surface area contributed by atoms with Gasteiger partial charge >= 0.3 is 7.75 Å². The molecule has 0 spiro atoms. The molecule has 3 fully saturated rings. The number of methoxy groups -OCH3 is 2. The van der Waals surface area contributed by atoms with Gasteiger partial charge in [-0.15, -0.1) is 0 Å². The molecule has 3 unspecified atom stereocenters. The molecule has 9 atom stereocenters. The molecule has 0 aliphatic carbocycles. The van der Waals surface area contributed by atoms with Crippen molar-refractivity contribution in [2.75, 3.05) is 52.0 Å². The first-order valence-electron chi connectivity index (χ1n) is 23.0. The minimum absolute atomic E-state index is 0.0518. The normalized spacial score (nSPS) is 25.3. The lowest BCUT2D eigenvalue weighted by Crippen LogP contribution is -2.41. The van der Waals surface area contributed by atoms with Gasteiger partial charge in [-0.05, 0) is 59.2 Å². The molecule has 0 saturated carbocycles. The number of nitrogens with two attached hydrogens (primary N) is 2. The number of fused-ring (bicyclic) bond motifs is 2. The number of aliphatic hydroxyl groups excluding tert-OH is 1. The first-order chi connectivity index (χ1) is 33.5. The molecule has 3 aliphatic rings. The van der Waals surface area contributed by atoms with Crippen LogP contribution in [0.25, 0.3) is 22.3 Å². The summed E-state index contributed by atoms with van der Waals surface area (Å²) in [6.45, 7) is 4.85. The minimum atomic E-state index is -4.22. The van der Waals surface area contributed by atoms with Gasteiger partial charge in [-0.2, -0.15) is 0 Å². The summed E-state index contributed by atoms with van der Waals surface area (Å²) in [5.41, 5.74) is 15.3. The van der Waals surface area contributed by atoms with E-state index in [0.29, 0.717) is 46.9 Å². The fraction of sp³-hybridized carbons (Fsp3) is 0.417. The molecule has 3 aromatic carbocycles. The van der Waals surface area contributed by atoms with Crippen LogP contribution in [0.2, 0.25) is 0 Å². The monoisotopic (exact) mass is 961 g/mol. The first kappa shape index (κ1) is 46.6. The topological polar surface area (TPSA) is 244 Å². The van der Waals surface area contributed by atoms with Crippen LogP contribution in [-0.4, -0.2) is 114 Å². The van der Waals surface area contributed by atoms with Crippen molar-refractivity contribution in [3.63, 3.8) is 0 Å². The highest BCUT2D eigenvalue weighted by atomic mass is 31.2. The molecule has 3 saturated heterocycles. The Labute approximate surface area is 398 Å². The van der Waals surface area contributed by atoms with Gasteiger partial charge in [-0.25, -0.2) is 39.1 Å². The van der Waals surface area contributed by atoms with Gasteiger partial charge in [0.1, 0.15) is 71.6 Å². The van der Waals surface area contributed by atoms with Gasteiger partial charge in [0.2, 0.25) is 0 Å². The van der Waals surface area contributed by atoms with E-state index >= 15 is 4.57 Å². The van der Waals surface area contributed by atoms with Gasteiger partial charge in [0.25, 0.3) is 0 Å². The number of nitrogens with zero attached hydrogens (tertiary/aromatic N) is 9. The maximum atomic E-state index is 15.9. The third-order valence-corrected chi connectivity index (χ3v) is 15.3. The van der Waals surface area contributed by atoms with Crippen LogP contribution in [0, 0.1) is 11.8 Å². The van der Waals surface area contributed by atoms with Gasteiger partial charge in [-0.3, -0.25) is 18.2 Å². The number of anilines is 2. The number of imidazole rings is 2. The summed E-state index contributed by atoms with van der Waals surface area (Å²) in [5, 5.41) is 11.4. The third kappa shape index (κ3) is 9.03. The predicted molar refractivity (Wildman–Crippen MR) is 254 cm³/mol. The Morgan fingerprint density at radius 3 is 1.75 bits per heavy atom. The molecule has 7 aromatic rings. The van der Waals surface area contributed by atoms with Crippen molar-refractivity contribution in [3.8, 4) is 11.5 Å². The van der Waals surface area contributed by atoms with Crippen molar-refractivity contribution >= 4 is 41.7 Å². The van der Waals surface area contributed by atoms with Gasteiger partial charge in [0, 0.05) is 25.9 Å². The largest absolute Gasteiger partial charge is 0.497 e. The second-order valence-corrected chi connectivity index (χ2v) is 20.0. The van der Waals surface area contributed by atoms with Crippen molar-refractivity contribution < 1.29 is 42.4 Å². The number of hydrogen-bond acceptors (Lipinski definition) is 17. The van der Waals surface area contributed by atoms with Crippen molar-refractivity contribution in [2.45, 2.75) is 75.6 Å². The number of rotatable bonds is 16. The highest BCUT2D eigenvalue weighted by Gasteiger charge is 2.49. The van der Waals surface area contributed by atoms with E-state index in [1.165, 1.54) is 12.7 Å². The second-order valence-electron chi connectivity index (χ2n) is 18.0. The second kappa shape index (κ2) is 19.4. The van der Waals surface area contributed by atoms with E-state index in [9.17, 15) is 5.11 Å². The summed E-state index contributed by atoms with van der Waals surface area (Å²) in [7, 11) is -0.974. The number of benzene rings is 3. The SMILES string of the molecule is COc1ccc(C(OC[C@H]2O[C@@H](n3cnc4c(N)ncnc43)C[C@@H]2OP(=O)(OC[C@H]2O[C@@H](n3cnc4c(N)ncnc43)C[C@@H]2O)N2CC(C)CC(C)C2)(c2ccccc2)c2ccc(OC)cc2)cc1. The Morgan fingerprint density at radius 2 is 1.20 bits per heavy atom. The predicted octanol–water partition coefficient (Wildman–Crippen LogP) is 6.28. The average molecular weight is 962 g/mol. The lowest BCUT2D eigenvalue weighted by Gasteiger charge is -2.40. The molecule has 20 nitrogen and oxygen atoms in total. The average Bonchev–Trinajstić information content (AvgIpc) is 4.17. The van der Waals surface area contributed by atoms with E-state index in [1.807, 2.05) is 83.5 Å². The van der Waals surface area contributed by atoms with Crippen LogP contribution in [0.1, 0.15) is 62.3 Å². The van der Waals surface area contributed by atoms with Crippen molar-refractivity contribution in [3.05, 3.63) is 121 Å². The lowest BCUT2D eigenvalue weighted by molar-refractivity contribution is -0.0936. The number of piperidine rings is 1. The fourth-order valence-corrected chi connectivity index (χ4v) is 12.2. The number of nitrogen functional groups attached to an aromatic ring is 2. The van der Waals surface area contributed by atoms with Crippen molar-refractivity contribution in [1.82, 2.24) is 43.7 Å². The van der Waals surface area contributed by atoms with Crippen LogP contribution in [-0.2, 0) is 33.4 Å². The highest BCUT2D eigenvalue weighted by Crippen LogP contribution is 2.58. The molecular formula is C48H56N11O9P. The minimum Gasteiger partial charge on any atom is -0.497 e. The van der Waals surface area contributed by atoms with Gasteiger partial charge < -0.3 is 40.3 Å². The van der Waals surface area contributed by atoms with Crippen molar-refractivity contribution in [1.29, 1.82) is 0 Å². The zero-order valence-electron chi connectivity index (χ0n) is 38.7. The molecule has 3 aliphatic heterocycles. The van der Waals surface area contributed by atoms with Crippen molar-refractivity contribution in [2.24, 2.45) is 11.8 Å². The molecule has 21 heteroatoms. The summed E-state index contributed by atoms with van der Waals surface area (Å²) >= 11 is 0. The molecule has 0 amide bonds. The highest BCUT2D eigenvalue weighted by molar-refractivity contribution is 7.51. The smallest absolute Gasteiger partial charge is 0.408 e. The van der Waals surface area contributed by atoms with Gasteiger partial charge in [0.05, 0.1) is 46.2 Å². The fourth-order valence-electron chi connectivity index (χ4n) is 9.96. The van der Waals surface area contributed by atoms with E-state index in [4.69, 9.17) is 44.2 Å². The van der Waals surface area contributed by atoms with Crippen LogP contribution < -0.4 is 20.9 Å². The van der Waals surface area contributed by atoms with E-state index in [-0.39, 0.29) is 49.5 Å². The van der Waals surface area contributed by atoms with Gasteiger partial charge in [-0.1, -0.05) is 68.4 Å². The summed E-state index contributed by atoms with van der Waals surface area (Å²) < 4.78 is 66.6. The molecule has 10 rings (SSSR count). The van der Waals surface area contributed by atoms with Gasteiger partial charge in [0.15, 0.2) is 22.9 Å². The van der Waals surface area contributed by atoms with Crippen LogP contribution in [0.15, 0.2) is 104 Å². The Morgan fingerprint density at radius 1 is 0.681 bits per heavy atom. The molecule has 7 heterocycles. The van der Waals surface area contributed by atoms with Crippen LogP contribution in [0.3, 0.4) is 0 Å². The van der Waals surface area contributed by atoms with E-state index in [1.54, 1.807) is 36.0 Å². The maximum absolute atomic E-state index is 15.9. The Kier molecular flexibility index (Phi) is 13.1. The summed E-state index contributed by atoms with van der Waals surface area (Å²) in [5.74, 6) is 2.19. The summed E-state index contributed by atoms with van der Waals surface area (Å²) in [6, 6.07) is 25.4. The molecule has 0 bridgehead atoms. The summed E-state index contributed by atoms with van der Waals surface area (Å²) in [6.07, 6.45) is 2.27. The lowest BCUT2D eigenvalue weighted by atomic mass is 9.80. The number of hydrogen-bond donors (Lipinski definition) is 3. The van der Waals surface area contributed by atoms with Crippen LogP contribution >= 0.6 is 7.75 Å². The third-order valence-electron chi connectivity index (χ3n) is 13.3. The molecule has 69 heavy (non-hydrogen) atoms. The van der Waals surface area contributed by atoms with E-state index in [0.717, 1.165) is 23.1 Å². The van der Waals surface area contributed by atoms with Crippen LogP contribution in [0.5, 0.6) is 11.5 Å². The standard InChI is InChI=1S/C48H56N11O9P/c1-29-18-30(2)22-57(21-29)69(61,65-24-38-36(60)19-40(66-38)58-27-55-42-44(49)51-25-53-46(42)58)68-37-20-41(59-28-56-43-45(50)52-26-54-47(43)59)67-39(37)23-64-48(31-8-6-5-7-9-31,32-10-14-34(62-3)15-11-32)33-12-16-35(63-4)17-13-33/h5-17,25-30,36-41,60H,18-24H2,1-4H3,(H2,49,51,53)(H2,50,52,54)/t29?,30?,36-,37-,38+,39+,40+,41+,69?/m0/s1. The van der Waals surface area contributed by atoms with Crippen LogP contribution in [0.4, 0.5) is 11.6 Å². The first-order valence-corrected chi connectivity index (χ1v) is 24.5. The molecule has 0 radical (unpaired) electrons. The zero-order valence-corrected chi connectivity index (χ0v) is 39.6. The maximum Gasteiger partial charge on any atom is 0.408 e. The Balaban J connectivity index is 1.00. The Hall–Kier alpha value is -6.09. The molecular weight excluding hydrogens is 906 g/mol. The molecule has 5 N–H and O–H groups in total. The van der Waals surface area contributed by atoms with E-state index < -0.39 is 50.2 Å². The zero-order chi connectivity index (χ0) is 47.9. The molecule has 362 valence electrons. The number of aliphatic hydroxyl groups is 1. The molecule has 4 aromatic heterocycles. The quantitative estimate of drug-likeness (QED) is 0.0712. The number of aromatic nitrogens is 8. The Bertz CT molecular complexity index is 2870. The van der Waals surface area contributed by atoms with E-state index in [2.05, 4.69) is 43.8 Å². The number of ether oxygens (including phenoxy) is 5. The summed E-state index contributed by atoms with van der Waals surface area (Å²) in [4.78, 5) is 26.0.